The lowest BCUT2D eigenvalue weighted by Crippen LogP contribution is -2.10. The molecule has 0 atom stereocenters. The molecule has 14 heavy (non-hydrogen) atoms. The van der Waals surface area contributed by atoms with Gasteiger partial charge in [-0.15, -0.1) is 0 Å². The van der Waals surface area contributed by atoms with E-state index in [9.17, 15) is 4.79 Å². The predicted molar refractivity (Wildman–Crippen MR) is 55.4 cm³/mol. The summed E-state index contributed by atoms with van der Waals surface area (Å²) in [5.41, 5.74) is 1.16. The molecule has 1 N–H and O–H groups in total. The van der Waals surface area contributed by atoms with Crippen molar-refractivity contribution in [2.75, 3.05) is 13.6 Å². The Morgan fingerprint density at radius 2 is 2.29 bits per heavy atom. The lowest BCUT2D eigenvalue weighted by molar-refractivity contribution is -0.131. The Balaban J connectivity index is 2.63. The molecule has 76 valence electrons. The SMILES string of the molecule is CNCCc1cccc(OC(C)=O)c1. The highest BCUT2D eigenvalue weighted by Gasteiger charge is 1.98. The molecule has 0 aliphatic carbocycles. The molecule has 0 amide bonds. The molecule has 0 aliphatic rings. The smallest absolute Gasteiger partial charge is 0.308 e. The molecule has 0 bridgehead atoms. The van der Waals surface area contributed by atoms with E-state index in [1.165, 1.54) is 6.92 Å². The van der Waals surface area contributed by atoms with E-state index in [0.717, 1.165) is 18.5 Å². The molecule has 3 nitrogen and oxygen atoms in total. The Labute approximate surface area is 84.1 Å². The van der Waals surface area contributed by atoms with Crippen molar-refractivity contribution in [2.45, 2.75) is 13.3 Å². The highest BCUT2D eigenvalue weighted by molar-refractivity contribution is 5.69. The molecule has 0 saturated heterocycles. The molecule has 0 spiro atoms. The zero-order valence-electron chi connectivity index (χ0n) is 8.54. The maximum atomic E-state index is 10.7. The molecule has 3 heteroatoms. The fourth-order valence-electron chi connectivity index (χ4n) is 1.20. The molecule has 1 aromatic rings. The van der Waals surface area contributed by atoms with Gasteiger partial charge < -0.3 is 10.1 Å². The topological polar surface area (TPSA) is 38.3 Å². The van der Waals surface area contributed by atoms with Crippen molar-refractivity contribution >= 4 is 5.97 Å². The van der Waals surface area contributed by atoms with Crippen LogP contribution in [0.4, 0.5) is 0 Å². The minimum absolute atomic E-state index is 0.282. The highest BCUT2D eigenvalue weighted by Crippen LogP contribution is 2.13. The lowest BCUT2D eigenvalue weighted by atomic mass is 10.1. The third-order valence-corrected chi connectivity index (χ3v) is 1.82. The van der Waals surface area contributed by atoms with Gasteiger partial charge in [-0.2, -0.15) is 0 Å². The van der Waals surface area contributed by atoms with Crippen molar-refractivity contribution in [3.63, 3.8) is 0 Å². The molecular formula is C11H15NO2. The van der Waals surface area contributed by atoms with Crippen LogP contribution in [0.3, 0.4) is 0 Å². The van der Waals surface area contributed by atoms with E-state index in [-0.39, 0.29) is 5.97 Å². The van der Waals surface area contributed by atoms with Gasteiger partial charge in [-0.25, -0.2) is 0 Å². The number of esters is 1. The van der Waals surface area contributed by atoms with Gasteiger partial charge >= 0.3 is 5.97 Å². The van der Waals surface area contributed by atoms with Crippen LogP contribution in [0.2, 0.25) is 0 Å². The van der Waals surface area contributed by atoms with Crippen molar-refractivity contribution in [3.05, 3.63) is 29.8 Å². The van der Waals surface area contributed by atoms with Crippen molar-refractivity contribution < 1.29 is 9.53 Å². The van der Waals surface area contributed by atoms with Crippen LogP contribution in [0.1, 0.15) is 12.5 Å². The van der Waals surface area contributed by atoms with E-state index in [0.29, 0.717) is 5.75 Å². The fourth-order valence-corrected chi connectivity index (χ4v) is 1.20. The van der Waals surface area contributed by atoms with Crippen molar-refractivity contribution in [1.29, 1.82) is 0 Å². The van der Waals surface area contributed by atoms with E-state index in [1.54, 1.807) is 6.07 Å². The summed E-state index contributed by atoms with van der Waals surface area (Å²) in [6, 6.07) is 7.58. The Hall–Kier alpha value is -1.35. The Bertz CT molecular complexity index is 310. The second-order valence-electron chi connectivity index (χ2n) is 3.09. The van der Waals surface area contributed by atoms with E-state index in [4.69, 9.17) is 4.74 Å². The summed E-state index contributed by atoms with van der Waals surface area (Å²) >= 11 is 0. The summed E-state index contributed by atoms with van der Waals surface area (Å²) in [6.07, 6.45) is 0.936. The van der Waals surface area contributed by atoms with Gasteiger partial charge in [0.15, 0.2) is 0 Å². The van der Waals surface area contributed by atoms with Crippen molar-refractivity contribution in [1.82, 2.24) is 5.32 Å². The van der Waals surface area contributed by atoms with Gasteiger partial charge in [-0.3, -0.25) is 4.79 Å². The van der Waals surface area contributed by atoms with Crippen molar-refractivity contribution in [3.8, 4) is 5.75 Å². The first kappa shape index (κ1) is 10.7. The summed E-state index contributed by atoms with van der Waals surface area (Å²) in [7, 11) is 1.91. The first-order valence-electron chi connectivity index (χ1n) is 4.64. The second-order valence-corrected chi connectivity index (χ2v) is 3.09. The number of hydrogen-bond donors (Lipinski definition) is 1. The van der Waals surface area contributed by atoms with Gasteiger partial charge in [0.1, 0.15) is 5.75 Å². The number of carbonyl (C=O) groups excluding carboxylic acids is 1. The first-order chi connectivity index (χ1) is 6.72. The van der Waals surface area contributed by atoms with Crippen LogP contribution in [0.25, 0.3) is 0 Å². The standard InChI is InChI=1S/C11H15NO2/c1-9(13)14-11-5-3-4-10(8-11)6-7-12-2/h3-5,8,12H,6-7H2,1-2H3. The number of nitrogens with one attached hydrogen (secondary N) is 1. The lowest BCUT2D eigenvalue weighted by Gasteiger charge is -2.04. The van der Waals surface area contributed by atoms with Crippen LogP contribution in [-0.4, -0.2) is 19.6 Å². The third kappa shape index (κ3) is 3.58. The van der Waals surface area contributed by atoms with E-state index < -0.39 is 0 Å². The normalized spacial score (nSPS) is 9.86. The summed E-state index contributed by atoms with van der Waals surface area (Å²) in [5, 5.41) is 3.07. The summed E-state index contributed by atoms with van der Waals surface area (Å²) < 4.78 is 4.98. The van der Waals surface area contributed by atoms with Crippen molar-refractivity contribution in [2.24, 2.45) is 0 Å². The molecular weight excluding hydrogens is 178 g/mol. The molecule has 1 rings (SSSR count). The van der Waals surface area contributed by atoms with Crippen LogP contribution in [-0.2, 0) is 11.2 Å². The summed E-state index contributed by atoms with van der Waals surface area (Å²) in [4.78, 5) is 10.7. The van der Waals surface area contributed by atoms with Crippen LogP contribution in [0.5, 0.6) is 5.75 Å². The first-order valence-corrected chi connectivity index (χ1v) is 4.64. The van der Waals surface area contributed by atoms with Gasteiger partial charge in [0.25, 0.3) is 0 Å². The Morgan fingerprint density at radius 1 is 1.50 bits per heavy atom. The van der Waals surface area contributed by atoms with Gasteiger partial charge in [0, 0.05) is 6.92 Å². The molecule has 0 saturated carbocycles. The molecule has 1 aromatic carbocycles. The maximum absolute atomic E-state index is 10.7. The average Bonchev–Trinajstić information content (AvgIpc) is 2.14. The molecule has 0 fully saturated rings. The zero-order chi connectivity index (χ0) is 10.4. The molecule has 0 radical (unpaired) electrons. The number of hydrogen-bond acceptors (Lipinski definition) is 3. The van der Waals surface area contributed by atoms with E-state index >= 15 is 0 Å². The van der Waals surface area contributed by atoms with Crippen LogP contribution < -0.4 is 10.1 Å². The Kier molecular flexibility index (Phi) is 4.13. The quantitative estimate of drug-likeness (QED) is 0.580. The zero-order valence-corrected chi connectivity index (χ0v) is 8.54. The summed E-state index contributed by atoms with van der Waals surface area (Å²) in [5.74, 6) is 0.335. The minimum atomic E-state index is -0.282. The van der Waals surface area contributed by atoms with Gasteiger partial charge in [-0.1, -0.05) is 12.1 Å². The van der Waals surface area contributed by atoms with Crippen LogP contribution in [0.15, 0.2) is 24.3 Å². The van der Waals surface area contributed by atoms with Crippen LogP contribution >= 0.6 is 0 Å². The third-order valence-electron chi connectivity index (χ3n) is 1.82. The average molecular weight is 193 g/mol. The minimum Gasteiger partial charge on any atom is -0.427 e. The fraction of sp³-hybridized carbons (Fsp3) is 0.364. The van der Waals surface area contributed by atoms with Gasteiger partial charge in [0.05, 0.1) is 0 Å². The number of carbonyl (C=O) groups is 1. The molecule has 0 aliphatic heterocycles. The second kappa shape index (κ2) is 5.40. The van der Waals surface area contributed by atoms with Crippen LogP contribution in [0, 0.1) is 0 Å². The van der Waals surface area contributed by atoms with E-state index in [1.807, 2.05) is 25.2 Å². The predicted octanol–water partition coefficient (Wildman–Crippen LogP) is 1.37. The van der Waals surface area contributed by atoms with E-state index in [2.05, 4.69) is 5.32 Å². The number of benzene rings is 1. The van der Waals surface area contributed by atoms with Gasteiger partial charge in [0.2, 0.25) is 0 Å². The number of likely N-dealkylation sites (N-methyl/N-ethyl adjacent to an activating group) is 1. The largest absolute Gasteiger partial charge is 0.427 e. The maximum Gasteiger partial charge on any atom is 0.308 e. The number of rotatable bonds is 4. The molecule has 0 aromatic heterocycles. The monoisotopic (exact) mass is 193 g/mol. The molecule has 0 heterocycles. The summed E-state index contributed by atoms with van der Waals surface area (Å²) in [6.45, 7) is 2.32. The molecule has 0 unspecified atom stereocenters. The highest BCUT2D eigenvalue weighted by atomic mass is 16.5. The number of ether oxygens (including phenoxy) is 1. The Morgan fingerprint density at radius 3 is 2.93 bits per heavy atom. The van der Waals surface area contributed by atoms with Gasteiger partial charge in [-0.05, 0) is 37.7 Å².